The van der Waals surface area contributed by atoms with Gasteiger partial charge in [-0.15, -0.1) is 0 Å². The van der Waals surface area contributed by atoms with Gasteiger partial charge in [0.1, 0.15) is 6.04 Å². The van der Waals surface area contributed by atoms with Gasteiger partial charge in [-0.25, -0.2) is 4.79 Å². The van der Waals surface area contributed by atoms with Crippen molar-refractivity contribution in [3.8, 4) is 0 Å². The summed E-state index contributed by atoms with van der Waals surface area (Å²) in [5.41, 5.74) is 0. The lowest BCUT2D eigenvalue weighted by molar-refractivity contribution is -0.143. The molecule has 29 heavy (non-hydrogen) atoms. The molecule has 1 amide bonds. The SMILES string of the molecule is CCCCCCCCC=CCCCCCCCC(=O)N[C@@H](CCC(=O)O)C(=O)O. The van der Waals surface area contributed by atoms with E-state index >= 15 is 0 Å². The standard InChI is InChI=1S/C23H41NO5/c1-2-3-4-5-6-7-8-9-10-11-12-13-14-15-16-17-21(25)24-20(23(28)29)18-19-22(26)27/h9-10,20H,2-8,11-19H2,1H3,(H,24,25)(H,26,27)(H,28,29)/t20-/m0/s1. The van der Waals surface area contributed by atoms with Gasteiger partial charge >= 0.3 is 11.9 Å². The van der Waals surface area contributed by atoms with Crippen molar-refractivity contribution in [1.29, 1.82) is 0 Å². The zero-order valence-electron chi connectivity index (χ0n) is 18.2. The fraction of sp³-hybridized carbons (Fsp3) is 0.783. The van der Waals surface area contributed by atoms with Crippen LogP contribution in [0.1, 0.15) is 110 Å². The first-order valence-corrected chi connectivity index (χ1v) is 11.4. The molecule has 0 aliphatic rings. The smallest absolute Gasteiger partial charge is 0.326 e. The third kappa shape index (κ3) is 19.2. The van der Waals surface area contributed by atoms with Crippen molar-refractivity contribution in [1.82, 2.24) is 5.32 Å². The molecule has 0 aromatic rings. The van der Waals surface area contributed by atoms with Crippen molar-refractivity contribution >= 4 is 17.8 Å². The quantitative estimate of drug-likeness (QED) is 0.182. The molecule has 0 bridgehead atoms. The van der Waals surface area contributed by atoms with Gasteiger partial charge < -0.3 is 15.5 Å². The molecule has 1 atom stereocenters. The fourth-order valence-electron chi connectivity index (χ4n) is 3.15. The molecule has 0 unspecified atom stereocenters. The maximum absolute atomic E-state index is 11.8. The monoisotopic (exact) mass is 411 g/mol. The highest BCUT2D eigenvalue weighted by Crippen LogP contribution is 2.10. The molecule has 168 valence electrons. The van der Waals surface area contributed by atoms with Crippen LogP contribution in [0.3, 0.4) is 0 Å². The highest BCUT2D eigenvalue weighted by Gasteiger charge is 2.20. The van der Waals surface area contributed by atoms with Crippen LogP contribution in [0.25, 0.3) is 0 Å². The Balaban J connectivity index is 3.54. The van der Waals surface area contributed by atoms with Gasteiger partial charge in [-0.05, 0) is 38.5 Å². The van der Waals surface area contributed by atoms with Crippen molar-refractivity contribution in [2.24, 2.45) is 0 Å². The third-order valence-corrected chi connectivity index (χ3v) is 4.95. The molecule has 0 saturated heterocycles. The van der Waals surface area contributed by atoms with Crippen LogP contribution in [0.15, 0.2) is 12.2 Å². The van der Waals surface area contributed by atoms with Crippen LogP contribution in [0.5, 0.6) is 0 Å². The molecule has 6 nitrogen and oxygen atoms in total. The number of nitrogens with one attached hydrogen (secondary N) is 1. The summed E-state index contributed by atoms with van der Waals surface area (Å²) in [4.78, 5) is 33.4. The lowest BCUT2D eigenvalue weighted by Gasteiger charge is -2.13. The summed E-state index contributed by atoms with van der Waals surface area (Å²) in [6, 6.07) is -1.12. The Labute approximate surface area is 176 Å². The minimum absolute atomic E-state index is 0.0945. The predicted octanol–water partition coefficient (Wildman–Crippen LogP) is 5.46. The molecule has 6 heteroatoms. The molecule has 0 rings (SSSR count). The highest BCUT2D eigenvalue weighted by molar-refractivity contribution is 5.83. The van der Waals surface area contributed by atoms with E-state index in [0.717, 1.165) is 38.5 Å². The number of carboxylic acids is 2. The number of unbranched alkanes of at least 4 members (excludes halogenated alkanes) is 11. The summed E-state index contributed by atoms with van der Waals surface area (Å²) in [6.07, 6.45) is 19.9. The van der Waals surface area contributed by atoms with Gasteiger partial charge in [0.2, 0.25) is 5.91 Å². The molecule has 0 heterocycles. The molecule has 0 aliphatic carbocycles. The Bertz CT molecular complexity index is 476. The van der Waals surface area contributed by atoms with Gasteiger partial charge in [0.15, 0.2) is 0 Å². The predicted molar refractivity (Wildman–Crippen MR) is 116 cm³/mol. The van der Waals surface area contributed by atoms with Gasteiger partial charge in [0, 0.05) is 12.8 Å². The molecule has 3 N–H and O–H groups in total. The number of carbonyl (C=O) groups is 3. The van der Waals surface area contributed by atoms with Crippen molar-refractivity contribution in [2.45, 2.75) is 116 Å². The zero-order chi connectivity index (χ0) is 21.7. The lowest BCUT2D eigenvalue weighted by Crippen LogP contribution is -2.41. The van der Waals surface area contributed by atoms with Crippen molar-refractivity contribution in [3.63, 3.8) is 0 Å². The summed E-state index contributed by atoms with van der Waals surface area (Å²) < 4.78 is 0. The normalized spacial score (nSPS) is 12.2. The number of allylic oxidation sites excluding steroid dienone is 2. The van der Waals surface area contributed by atoms with Gasteiger partial charge in [-0.2, -0.15) is 0 Å². The second-order valence-corrected chi connectivity index (χ2v) is 7.73. The number of amides is 1. The van der Waals surface area contributed by atoms with Gasteiger partial charge in [-0.3, -0.25) is 9.59 Å². The molecule has 0 saturated carbocycles. The number of rotatable bonds is 20. The van der Waals surface area contributed by atoms with Crippen LogP contribution in [-0.4, -0.2) is 34.1 Å². The van der Waals surface area contributed by atoms with Gasteiger partial charge in [-0.1, -0.05) is 70.4 Å². The van der Waals surface area contributed by atoms with Crippen molar-refractivity contribution in [3.05, 3.63) is 12.2 Å². The Morgan fingerprint density at radius 1 is 0.759 bits per heavy atom. The Kier molecular flexibility index (Phi) is 18.2. The summed E-state index contributed by atoms with van der Waals surface area (Å²) in [6.45, 7) is 2.24. The van der Waals surface area contributed by atoms with Crippen LogP contribution >= 0.6 is 0 Å². The third-order valence-electron chi connectivity index (χ3n) is 4.95. The van der Waals surface area contributed by atoms with Gasteiger partial charge in [0.25, 0.3) is 0 Å². The average molecular weight is 412 g/mol. The highest BCUT2D eigenvalue weighted by atomic mass is 16.4. The lowest BCUT2D eigenvalue weighted by atomic mass is 10.1. The molecule has 0 fully saturated rings. The molecule has 0 aromatic carbocycles. The Morgan fingerprint density at radius 3 is 1.79 bits per heavy atom. The topological polar surface area (TPSA) is 104 Å². The van der Waals surface area contributed by atoms with E-state index in [2.05, 4.69) is 24.4 Å². The van der Waals surface area contributed by atoms with E-state index in [1.54, 1.807) is 0 Å². The van der Waals surface area contributed by atoms with Crippen molar-refractivity contribution < 1.29 is 24.6 Å². The number of aliphatic carboxylic acids is 2. The van der Waals surface area contributed by atoms with Crippen LogP contribution in [0, 0.1) is 0 Å². The van der Waals surface area contributed by atoms with E-state index in [-0.39, 0.29) is 25.2 Å². The van der Waals surface area contributed by atoms with Crippen molar-refractivity contribution in [2.75, 3.05) is 0 Å². The number of hydrogen-bond donors (Lipinski definition) is 3. The van der Waals surface area contributed by atoms with E-state index < -0.39 is 18.0 Å². The zero-order valence-corrected chi connectivity index (χ0v) is 18.2. The first kappa shape index (κ1) is 27.1. The molecule has 0 spiro atoms. The number of carbonyl (C=O) groups excluding carboxylic acids is 1. The maximum Gasteiger partial charge on any atom is 0.326 e. The molecular weight excluding hydrogens is 370 g/mol. The van der Waals surface area contributed by atoms with E-state index in [1.165, 1.54) is 44.9 Å². The summed E-state index contributed by atoms with van der Waals surface area (Å²) in [5, 5.41) is 20.1. The second-order valence-electron chi connectivity index (χ2n) is 7.73. The first-order chi connectivity index (χ1) is 14.0. The van der Waals surface area contributed by atoms with E-state index in [0.29, 0.717) is 0 Å². The Hall–Kier alpha value is -1.85. The van der Waals surface area contributed by atoms with Gasteiger partial charge in [0.05, 0.1) is 0 Å². The molecule has 0 radical (unpaired) electrons. The minimum atomic E-state index is -1.19. The maximum atomic E-state index is 11.8. The number of carboxylic acid groups (broad SMARTS) is 2. The summed E-state index contributed by atoms with van der Waals surface area (Å²) >= 11 is 0. The van der Waals surface area contributed by atoms with Crippen LogP contribution in [-0.2, 0) is 14.4 Å². The summed E-state index contributed by atoms with van der Waals surface area (Å²) in [5.74, 6) is -2.58. The molecular formula is C23H41NO5. The van der Waals surface area contributed by atoms with Crippen LogP contribution < -0.4 is 5.32 Å². The summed E-state index contributed by atoms with van der Waals surface area (Å²) in [7, 11) is 0. The second kappa shape index (κ2) is 19.5. The van der Waals surface area contributed by atoms with E-state index in [4.69, 9.17) is 10.2 Å². The largest absolute Gasteiger partial charge is 0.481 e. The van der Waals surface area contributed by atoms with Crippen LogP contribution in [0.4, 0.5) is 0 Å². The van der Waals surface area contributed by atoms with E-state index in [9.17, 15) is 14.4 Å². The molecule has 0 aromatic heterocycles. The molecule has 0 aliphatic heterocycles. The average Bonchev–Trinajstić information content (AvgIpc) is 2.67. The van der Waals surface area contributed by atoms with Crippen LogP contribution in [0.2, 0.25) is 0 Å². The fourth-order valence-corrected chi connectivity index (χ4v) is 3.15. The first-order valence-electron chi connectivity index (χ1n) is 11.4. The Morgan fingerprint density at radius 2 is 1.28 bits per heavy atom. The minimum Gasteiger partial charge on any atom is -0.481 e. The number of hydrogen-bond acceptors (Lipinski definition) is 3. The van der Waals surface area contributed by atoms with E-state index in [1.807, 2.05) is 0 Å².